The average molecular weight is 275 g/mol. The van der Waals surface area contributed by atoms with Crippen molar-refractivity contribution in [2.75, 3.05) is 19.6 Å². The van der Waals surface area contributed by atoms with Gasteiger partial charge in [-0.3, -0.25) is 4.79 Å². The number of rotatable bonds is 5. The van der Waals surface area contributed by atoms with Gasteiger partial charge < -0.3 is 9.64 Å². The molecule has 1 aromatic rings. The largest absolute Gasteiger partial charge is 0.461 e. The van der Waals surface area contributed by atoms with Gasteiger partial charge in [-0.15, -0.1) is 0 Å². The summed E-state index contributed by atoms with van der Waals surface area (Å²) >= 11 is 0. The van der Waals surface area contributed by atoms with Crippen molar-refractivity contribution in [1.82, 2.24) is 4.90 Å². The molecule has 110 valence electrons. The quantitative estimate of drug-likeness (QED) is 0.773. The highest BCUT2D eigenvalue weighted by atomic mass is 16.5. The minimum absolute atomic E-state index is 0.0446. The first-order chi connectivity index (χ1) is 9.75. The maximum atomic E-state index is 12.0. The first-order valence-corrected chi connectivity index (χ1v) is 7.68. The molecule has 1 unspecified atom stereocenters. The summed E-state index contributed by atoms with van der Waals surface area (Å²) in [4.78, 5) is 14.4. The van der Waals surface area contributed by atoms with Gasteiger partial charge in [-0.1, -0.05) is 50.1 Å². The Bertz CT molecular complexity index is 397. The van der Waals surface area contributed by atoms with Crippen molar-refractivity contribution < 1.29 is 9.53 Å². The number of esters is 1. The molecule has 1 aliphatic heterocycles. The maximum absolute atomic E-state index is 12.0. The van der Waals surface area contributed by atoms with Crippen molar-refractivity contribution in [3.63, 3.8) is 0 Å². The predicted octanol–water partition coefficient (Wildman–Crippen LogP) is 3.24. The zero-order valence-electron chi connectivity index (χ0n) is 12.4. The standard InChI is InChI=1S/C17H25NO2/c1-15(13-18-11-7-2-3-8-12-18)17(19)20-14-16-9-5-4-6-10-16/h4-6,9-10,15H,2-3,7-8,11-14H2,1H3. The summed E-state index contributed by atoms with van der Waals surface area (Å²) in [6.45, 7) is 5.42. The third kappa shape index (κ3) is 4.97. The van der Waals surface area contributed by atoms with Crippen molar-refractivity contribution in [1.29, 1.82) is 0 Å². The number of hydrogen-bond donors (Lipinski definition) is 0. The molecule has 20 heavy (non-hydrogen) atoms. The topological polar surface area (TPSA) is 29.5 Å². The zero-order valence-corrected chi connectivity index (χ0v) is 12.4. The van der Waals surface area contributed by atoms with Gasteiger partial charge in [-0.05, 0) is 31.5 Å². The molecule has 1 fully saturated rings. The highest BCUT2D eigenvalue weighted by Crippen LogP contribution is 2.12. The fraction of sp³-hybridized carbons (Fsp3) is 0.588. The number of likely N-dealkylation sites (tertiary alicyclic amines) is 1. The lowest BCUT2D eigenvalue weighted by Gasteiger charge is -2.22. The van der Waals surface area contributed by atoms with Crippen LogP contribution in [0.2, 0.25) is 0 Å². The van der Waals surface area contributed by atoms with E-state index in [1.54, 1.807) is 0 Å². The Labute approximate surface area is 121 Å². The van der Waals surface area contributed by atoms with Gasteiger partial charge in [-0.2, -0.15) is 0 Å². The molecule has 1 saturated heterocycles. The summed E-state index contributed by atoms with van der Waals surface area (Å²) in [5, 5.41) is 0. The Morgan fingerprint density at radius 1 is 1.15 bits per heavy atom. The highest BCUT2D eigenvalue weighted by Gasteiger charge is 2.19. The van der Waals surface area contributed by atoms with E-state index in [4.69, 9.17) is 4.74 Å². The first-order valence-electron chi connectivity index (χ1n) is 7.68. The van der Waals surface area contributed by atoms with E-state index in [1.165, 1.54) is 25.7 Å². The van der Waals surface area contributed by atoms with Gasteiger partial charge in [0.2, 0.25) is 0 Å². The van der Waals surface area contributed by atoms with Crippen LogP contribution in [0.25, 0.3) is 0 Å². The summed E-state index contributed by atoms with van der Waals surface area (Å²) in [5.74, 6) is -0.130. The summed E-state index contributed by atoms with van der Waals surface area (Å²) in [5.41, 5.74) is 1.04. The highest BCUT2D eigenvalue weighted by molar-refractivity contribution is 5.72. The summed E-state index contributed by atoms with van der Waals surface area (Å²) in [7, 11) is 0. The molecule has 3 heteroatoms. The third-order valence-corrected chi connectivity index (χ3v) is 3.86. The lowest BCUT2D eigenvalue weighted by molar-refractivity contribution is -0.149. The Hall–Kier alpha value is -1.35. The number of benzene rings is 1. The summed E-state index contributed by atoms with van der Waals surface area (Å²) in [6, 6.07) is 9.85. The minimum atomic E-state index is -0.0851. The molecule has 0 aromatic heterocycles. The van der Waals surface area contributed by atoms with E-state index in [0.29, 0.717) is 6.61 Å². The number of hydrogen-bond acceptors (Lipinski definition) is 3. The normalized spacial score (nSPS) is 18.2. The fourth-order valence-electron chi connectivity index (χ4n) is 2.65. The molecule has 1 atom stereocenters. The smallest absolute Gasteiger partial charge is 0.310 e. The lowest BCUT2D eigenvalue weighted by atomic mass is 10.1. The van der Waals surface area contributed by atoms with Gasteiger partial charge in [0.25, 0.3) is 0 Å². The van der Waals surface area contributed by atoms with Gasteiger partial charge in [0.15, 0.2) is 0 Å². The van der Waals surface area contributed by atoms with Crippen molar-refractivity contribution in [3.8, 4) is 0 Å². The van der Waals surface area contributed by atoms with E-state index in [-0.39, 0.29) is 11.9 Å². The van der Waals surface area contributed by atoms with E-state index in [0.717, 1.165) is 25.2 Å². The van der Waals surface area contributed by atoms with E-state index in [9.17, 15) is 4.79 Å². The lowest BCUT2D eigenvalue weighted by Crippen LogP contribution is -2.33. The van der Waals surface area contributed by atoms with Crippen LogP contribution in [-0.4, -0.2) is 30.5 Å². The molecule has 0 spiro atoms. The van der Waals surface area contributed by atoms with Crippen LogP contribution in [0.5, 0.6) is 0 Å². The Morgan fingerprint density at radius 3 is 2.45 bits per heavy atom. The van der Waals surface area contributed by atoms with Crippen LogP contribution >= 0.6 is 0 Å². The second kappa shape index (κ2) is 8.05. The molecule has 2 rings (SSSR count). The molecule has 0 radical (unpaired) electrons. The van der Waals surface area contributed by atoms with Crippen LogP contribution in [0.3, 0.4) is 0 Å². The van der Waals surface area contributed by atoms with Crippen LogP contribution < -0.4 is 0 Å². The molecule has 1 aromatic carbocycles. The van der Waals surface area contributed by atoms with E-state index in [1.807, 2.05) is 37.3 Å². The van der Waals surface area contributed by atoms with Crippen LogP contribution in [0.4, 0.5) is 0 Å². The van der Waals surface area contributed by atoms with E-state index in [2.05, 4.69) is 4.90 Å². The number of nitrogens with zero attached hydrogens (tertiary/aromatic N) is 1. The molecular weight excluding hydrogens is 250 g/mol. The van der Waals surface area contributed by atoms with Gasteiger partial charge in [0.1, 0.15) is 6.61 Å². The van der Waals surface area contributed by atoms with Gasteiger partial charge in [0, 0.05) is 6.54 Å². The summed E-state index contributed by atoms with van der Waals surface area (Å²) < 4.78 is 5.40. The average Bonchev–Trinajstić information content (AvgIpc) is 2.74. The first kappa shape index (κ1) is 15.0. The molecule has 1 aliphatic rings. The second-order valence-electron chi connectivity index (χ2n) is 5.71. The Balaban J connectivity index is 1.73. The number of carbonyl (C=O) groups is 1. The molecule has 0 saturated carbocycles. The molecule has 0 bridgehead atoms. The SMILES string of the molecule is CC(CN1CCCCCC1)C(=O)OCc1ccccc1. The van der Waals surface area contributed by atoms with Crippen molar-refractivity contribution in [2.45, 2.75) is 39.2 Å². The van der Waals surface area contributed by atoms with E-state index >= 15 is 0 Å². The predicted molar refractivity (Wildman–Crippen MR) is 80.3 cm³/mol. The zero-order chi connectivity index (χ0) is 14.2. The maximum Gasteiger partial charge on any atom is 0.310 e. The number of carbonyl (C=O) groups excluding carboxylic acids is 1. The number of ether oxygens (including phenoxy) is 1. The molecule has 0 amide bonds. The van der Waals surface area contributed by atoms with Crippen LogP contribution in [0.15, 0.2) is 30.3 Å². The molecular formula is C17H25NO2. The Kier molecular flexibility index (Phi) is 6.06. The Morgan fingerprint density at radius 2 is 1.80 bits per heavy atom. The van der Waals surface area contributed by atoms with Crippen molar-refractivity contribution in [3.05, 3.63) is 35.9 Å². The van der Waals surface area contributed by atoms with Crippen molar-refractivity contribution >= 4 is 5.97 Å². The molecule has 1 heterocycles. The summed E-state index contributed by atoms with van der Waals surface area (Å²) in [6.07, 6.45) is 5.16. The molecule has 3 nitrogen and oxygen atoms in total. The fourth-order valence-corrected chi connectivity index (χ4v) is 2.65. The second-order valence-corrected chi connectivity index (χ2v) is 5.71. The molecule has 0 N–H and O–H groups in total. The monoisotopic (exact) mass is 275 g/mol. The minimum Gasteiger partial charge on any atom is -0.461 e. The van der Waals surface area contributed by atoms with Gasteiger partial charge in [-0.25, -0.2) is 0 Å². The van der Waals surface area contributed by atoms with Crippen molar-refractivity contribution in [2.24, 2.45) is 5.92 Å². The van der Waals surface area contributed by atoms with E-state index < -0.39 is 0 Å². The van der Waals surface area contributed by atoms with Crippen LogP contribution in [0.1, 0.15) is 38.2 Å². The van der Waals surface area contributed by atoms with Crippen LogP contribution in [-0.2, 0) is 16.1 Å². The van der Waals surface area contributed by atoms with Crippen LogP contribution in [0, 0.1) is 5.92 Å². The third-order valence-electron chi connectivity index (χ3n) is 3.86. The van der Waals surface area contributed by atoms with Gasteiger partial charge in [0.05, 0.1) is 5.92 Å². The molecule has 0 aliphatic carbocycles. The van der Waals surface area contributed by atoms with Gasteiger partial charge >= 0.3 is 5.97 Å².